The molecule has 0 spiro atoms. The summed E-state index contributed by atoms with van der Waals surface area (Å²) in [4.78, 5) is 10.7. The smallest absolute Gasteiger partial charge is 0.338 e. The quantitative estimate of drug-likeness (QED) is 0.880. The lowest BCUT2D eigenvalue weighted by molar-refractivity contribution is 0.0692. The standard InChI is InChI=1S/C14H16FN3O2/c1-3-13-9(8-18(2)17-13)7-16-10-4-5-11(14(19)20)12(15)6-10/h4-6,8,16H,3,7H2,1-2H3,(H,19,20). The Balaban J connectivity index is 2.11. The first kappa shape index (κ1) is 14.0. The molecule has 20 heavy (non-hydrogen) atoms. The van der Waals surface area contributed by atoms with Gasteiger partial charge in [-0.15, -0.1) is 0 Å². The van der Waals surface area contributed by atoms with Gasteiger partial charge < -0.3 is 10.4 Å². The summed E-state index contributed by atoms with van der Waals surface area (Å²) in [5.74, 6) is -2.01. The van der Waals surface area contributed by atoms with Crippen molar-refractivity contribution in [2.24, 2.45) is 7.05 Å². The van der Waals surface area contributed by atoms with Crippen molar-refractivity contribution in [2.45, 2.75) is 19.9 Å². The molecule has 0 aliphatic rings. The molecule has 0 atom stereocenters. The summed E-state index contributed by atoms with van der Waals surface area (Å²) in [5.41, 5.74) is 2.24. The summed E-state index contributed by atoms with van der Waals surface area (Å²) in [5, 5.41) is 16.2. The molecule has 0 saturated heterocycles. The lowest BCUT2D eigenvalue weighted by atomic mass is 10.1. The largest absolute Gasteiger partial charge is 0.478 e. The van der Waals surface area contributed by atoms with Gasteiger partial charge in [-0.1, -0.05) is 6.92 Å². The highest BCUT2D eigenvalue weighted by molar-refractivity contribution is 5.88. The molecule has 0 bridgehead atoms. The summed E-state index contributed by atoms with van der Waals surface area (Å²) in [6.45, 7) is 2.54. The fourth-order valence-corrected chi connectivity index (χ4v) is 2.02. The number of aryl methyl sites for hydroxylation is 2. The molecule has 5 nitrogen and oxygen atoms in total. The van der Waals surface area contributed by atoms with Crippen LogP contribution in [0.5, 0.6) is 0 Å². The van der Waals surface area contributed by atoms with E-state index in [1.807, 2.05) is 20.2 Å². The van der Waals surface area contributed by atoms with E-state index >= 15 is 0 Å². The van der Waals surface area contributed by atoms with Gasteiger partial charge in [0.2, 0.25) is 0 Å². The zero-order valence-corrected chi connectivity index (χ0v) is 11.4. The average Bonchev–Trinajstić information content (AvgIpc) is 2.76. The maximum atomic E-state index is 13.5. The molecule has 1 aromatic heterocycles. The second-order valence-electron chi connectivity index (χ2n) is 4.48. The van der Waals surface area contributed by atoms with Crippen LogP contribution >= 0.6 is 0 Å². The van der Waals surface area contributed by atoms with Gasteiger partial charge in [0.25, 0.3) is 0 Å². The van der Waals surface area contributed by atoms with Crippen molar-refractivity contribution < 1.29 is 14.3 Å². The van der Waals surface area contributed by atoms with Gasteiger partial charge >= 0.3 is 5.97 Å². The zero-order chi connectivity index (χ0) is 14.7. The number of hydrogen-bond donors (Lipinski definition) is 2. The highest BCUT2D eigenvalue weighted by Gasteiger charge is 2.11. The van der Waals surface area contributed by atoms with Crippen molar-refractivity contribution in [3.8, 4) is 0 Å². The number of halogens is 1. The number of carboxylic acids is 1. The van der Waals surface area contributed by atoms with Gasteiger partial charge in [0.15, 0.2) is 0 Å². The Labute approximate surface area is 116 Å². The van der Waals surface area contributed by atoms with Crippen LogP contribution < -0.4 is 5.32 Å². The molecule has 2 aromatic rings. The van der Waals surface area contributed by atoms with E-state index in [-0.39, 0.29) is 5.56 Å². The molecular weight excluding hydrogens is 261 g/mol. The lowest BCUT2D eigenvalue weighted by Crippen LogP contribution is -2.04. The maximum absolute atomic E-state index is 13.5. The molecule has 6 heteroatoms. The average molecular weight is 277 g/mol. The van der Waals surface area contributed by atoms with Gasteiger partial charge in [0, 0.05) is 31.0 Å². The summed E-state index contributed by atoms with van der Waals surface area (Å²) >= 11 is 0. The molecule has 0 aliphatic heterocycles. The third-order valence-corrected chi connectivity index (χ3v) is 3.01. The van der Waals surface area contributed by atoms with Crippen LogP contribution in [0.2, 0.25) is 0 Å². The molecule has 2 N–H and O–H groups in total. The van der Waals surface area contributed by atoms with Crippen molar-refractivity contribution in [2.75, 3.05) is 5.32 Å². The number of nitrogens with one attached hydrogen (secondary N) is 1. The lowest BCUT2D eigenvalue weighted by Gasteiger charge is -2.07. The van der Waals surface area contributed by atoms with Crippen LogP contribution in [-0.4, -0.2) is 20.9 Å². The van der Waals surface area contributed by atoms with E-state index in [4.69, 9.17) is 5.11 Å². The Morgan fingerprint density at radius 3 is 2.85 bits per heavy atom. The molecule has 0 saturated carbocycles. The number of anilines is 1. The SMILES string of the molecule is CCc1nn(C)cc1CNc1ccc(C(=O)O)c(F)c1. The van der Waals surface area contributed by atoms with E-state index in [1.54, 1.807) is 10.7 Å². The van der Waals surface area contributed by atoms with Crippen LogP contribution in [-0.2, 0) is 20.0 Å². The monoisotopic (exact) mass is 277 g/mol. The summed E-state index contributed by atoms with van der Waals surface area (Å²) in [6, 6.07) is 3.99. The first-order valence-corrected chi connectivity index (χ1v) is 6.29. The highest BCUT2D eigenvalue weighted by atomic mass is 19.1. The van der Waals surface area contributed by atoms with Crippen LogP contribution in [0.15, 0.2) is 24.4 Å². The molecule has 2 rings (SSSR count). The number of rotatable bonds is 5. The normalized spacial score (nSPS) is 10.6. The first-order chi connectivity index (χ1) is 9.51. The number of benzene rings is 1. The van der Waals surface area contributed by atoms with E-state index in [9.17, 15) is 9.18 Å². The molecule has 0 aliphatic carbocycles. The van der Waals surface area contributed by atoms with Crippen LogP contribution in [0.25, 0.3) is 0 Å². The van der Waals surface area contributed by atoms with Gasteiger partial charge in [0.1, 0.15) is 5.82 Å². The molecule has 0 radical (unpaired) electrons. The number of nitrogens with zero attached hydrogens (tertiary/aromatic N) is 2. The van der Waals surface area contributed by atoms with Crippen molar-refractivity contribution in [1.82, 2.24) is 9.78 Å². The van der Waals surface area contributed by atoms with Crippen molar-refractivity contribution in [3.05, 3.63) is 47.0 Å². The van der Waals surface area contributed by atoms with Crippen molar-refractivity contribution >= 4 is 11.7 Å². The van der Waals surface area contributed by atoms with E-state index in [0.29, 0.717) is 12.2 Å². The minimum absolute atomic E-state index is 0.328. The van der Waals surface area contributed by atoms with Crippen LogP contribution in [0, 0.1) is 5.82 Å². The summed E-state index contributed by atoms with van der Waals surface area (Å²) in [7, 11) is 1.85. The fraction of sp³-hybridized carbons (Fsp3) is 0.286. The second-order valence-corrected chi connectivity index (χ2v) is 4.48. The van der Waals surface area contributed by atoms with Gasteiger partial charge in [-0.2, -0.15) is 5.10 Å². The Hall–Kier alpha value is -2.37. The fourth-order valence-electron chi connectivity index (χ4n) is 2.02. The Morgan fingerprint density at radius 1 is 1.50 bits per heavy atom. The third-order valence-electron chi connectivity index (χ3n) is 3.01. The van der Waals surface area contributed by atoms with Gasteiger partial charge in [-0.25, -0.2) is 9.18 Å². The first-order valence-electron chi connectivity index (χ1n) is 6.29. The van der Waals surface area contributed by atoms with Gasteiger partial charge in [-0.3, -0.25) is 4.68 Å². The summed E-state index contributed by atoms with van der Waals surface area (Å²) < 4.78 is 15.3. The maximum Gasteiger partial charge on any atom is 0.338 e. The number of carbonyl (C=O) groups is 1. The van der Waals surface area contributed by atoms with Crippen molar-refractivity contribution in [3.63, 3.8) is 0 Å². The number of hydrogen-bond acceptors (Lipinski definition) is 3. The Morgan fingerprint density at radius 2 is 2.25 bits per heavy atom. The van der Waals surface area contributed by atoms with E-state index in [0.717, 1.165) is 17.7 Å². The topological polar surface area (TPSA) is 67.2 Å². The molecule has 0 fully saturated rings. The highest BCUT2D eigenvalue weighted by Crippen LogP contribution is 2.16. The molecule has 1 heterocycles. The predicted molar refractivity (Wildman–Crippen MR) is 73.3 cm³/mol. The molecule has 1 aromatic carbocycles. The Kier molecular flexibility index (Phi) is 4.02. The van der Waals surface area contributed by atoms with Crippen LogP contribution in [0.3, 0.4) is 0 Å². The third kappa shape index (κ3) is 2.96. The second kappa shape index (κ2) is 5.73. The number of aromatic carboxylic acids is 1. The molecule has 106 valence electrons. The van der Waals surface area contributed by atoms with E-state index in [1.165, 1.54) is 12.1 Å². The van der Waals surface area contributed by atoms with Gasteiger partial charge in [-0.05, 0) is 24.6 Å². The molecule has 0 unspecified atom stereocenters. The van der Waals surface area contributed by atoms with E-state index < -0.39 is 11.8 Å². The Bertz CT molecular complexity index is 637. The van der Waals surface area contributed by atoms with Crippen LogP contribution in [0.4, 0.5) is 10.1 Å². The molecular formula is C14H16FN3O2. The van der Waals surface area contributed by atoms with Gasteiger partial charge in [0.05, 0.1) is 11.3 Å². The van der Waals surface area contributed by atoms with Crippen molar-refractivity contribution in [1.29, 1.82) is 0 Å². The van der Waals surface area contributed by atoms with E-state index in [2.05, 4.69) is 10.4 Å². The predicted octanol–water partition coefficient (Wildman–Crippen LogP) is 2.43. The number of aromatic nitrogens is 2. The summed E-state index contributed by atoms with van der Waals surface area (Å²) in [6.07, 6.45) is 2.73. The minimum atomic E-state index is -1.27. The number of carboxylic acid groups (broad SMARTS) is 1. The minimum Gasteiger partial charge on any atom is -0.478 e. The molecule has 0 amide bonds. The van der Waals surface area contributed by atoms with Crippen LogP contribution in [0.1, 0.15) is 28.5 Å². The zero-order valence-electron chi connectivity index (χ0n) is 11.4.